The molecular formula is C13H11N5OS2. The number of hydrogen-bond donors (Lipinski definition) is 2. The Balaban J connectivity index is 1.82. The second-order valence-electron chi connectivity index (χ2n) is 4.22. The molecule has 3 aromatic rings. The summed E-state index contributed by atoms with van der Waals surface area (Å²) in [5.74, 6) is 0.555. The number of hydrogen-bond acceptors (Lipinski definition) is 5. The first kappa shape index (κ1) is 13.8. The third kappa shape index (κ3) is 3.29. The summed E-state index contributed by atoms with van der Waals surface area (Å²) < 4.78 is 2.22. The third-order valence-corrected chi connectivity index (χ3v) is 3.92. The summed E-state index contributed by atoms with van der Waals surface area (Å²) in [6, 6.07) is 11.3. The molecule has 0 unspecified atom stereocenters. The molecule has 0 spiro atoms. The first-order chi connectivity index (χ1) is 10.2. The summed E-state index contributed by atoms with van der Waals surface area (Å²) in [5, 5.41) is 8.79. The second kappa shape index (κ2) is 6.06. The van der Waals surface area contributed by atoms with E-state index in [9.17, 15) is 4.79 Å². The molecule has 0 amide bonds. The van der Waals surface area contributed by atoms with Gasteiger partial charge in [0.1, 0.15) is 6.33 Å². The van der Waals surface area contributed by atoms with Crippen LogP contribution < -0.4 is 5.56 Å². The molecule has 0 aliphatic rings. The summed E-state index contributed by atoms with van der Waals surface area (Å²) in [6.07, 6.45) is 1.66. The van der Waals surface area contributed by atoms with Crippen molar-refractivity contribution in [2.45, 2.75) is 10.9 Å². The van der Waals surface area contributed by atoms with Gasteiger partial charge in [0.25, 0.3) is 5.56 Å². The number of nitrogens with one attached hydrogen (secondary N) is 2. The molecule has 2 aromatic heterocycles. The first-order valence-corrected chi connectivity index (χ1v) is 7.52. The van der Waals surface area contributed by atoms with E-state index < -0.39 is 0 Å². The van der Waals surface area contributed by atoms with Crippen LogP contribution in [0.3, 0.4) is 0 Å². The Morgan fingerprint density at radius 3 is 2.81 bits per heavy atom. The molecule has 0 aliphatic heterocycles. The van der Waals surface area contributed by atoms with Gasteiger partial charge in [-0.1, -0.05) is 30.0 Å². The third-order valence-electron chi connectivity index (χ3n) is 2.72. The predicted molar refractivity (Wildman–Crippen MR) is 83.2 cm³/mol. The Morgan fingerprint density at radius 2 is 2.05 bits per heavy atom. The highest BCUT2D eigenvalue weighted by molar-refractivity contribution is 7.98. The van der Waals surface area contributed by atoms with Crippen molar-refractivity contribution in [3.8, 4) is 5.69 Å². The summed E-state index contributed by atoms with van der Waals surface area (Å²) in [7, 11) is 0. The Kier molecular flexibility index (Phi) is 3.98. The molecule has 3 rings (SSSR count). The van der Waals surface area contributed by atoms with Crippen molar-refractivity contribution in [1.29, 1.82) is 0 Å². The average molecular weight is 317 g/mol. The van der Waals surface area contributed by atoms with Crippen LogP contribution in [0.15, 0.2) is 52.7 Å². The van der Waals surface area contributed by atoms with E-state index in [1.54, 1.807) is 6.33 Å². The molecule has 0 bridgehead atoms. The number of aromatic amines is 2. The highest BCUT2D eigenvalue weighted by Crippen LogP contribution is 2.21. The van der Waals surface area contributed by atoms with E-state index in [1.165, 1.54) is 17.8 Å². The van der Waals surface area contributed by atoms with E-state index >= 15 is 0 Å². The topological polar surface area (TPSA) is 79.4 Å². The fraction of sp³-hybridized carbons (Fsp3) is 0.0769. The minimum Gasteiger partial charge on any atom is -0.335 e. The van der Waals surface area contributed by atoms with Crippen molar-refractivity contribution in [3.63, 3.8) is 0 Å². The van der Waals surface area contributed by atoms with Crippen LogP contribution in [0.2, 0.25) is 0 Å². The lowest BCUT2D eigenvalue weighted by Crippen LogP contribution is -2.08. The Labute approximate surface area is 129 Å². The van der Waals surface area contributed by atoms with Gasteiger partial charge in [0.05, 0.1) is 0 Å². The van der Waals surface area contributed by atoms with Gasteiger partial charge in [0, 0.05) is 23.2 Å². The highest BCUT2D eigenvalue weighted by Gasteiger charge is 2.07. The molecule has 0 atom stereocenters. The molecular weight excluding hydrogens is 306 g/mol. The van der Waals surface area contributed by atoms with E-state index in [1.807, 2.05) is 34.9 Å². The fourth-order valence-electron chi connectivity index (χ4n) is 1.83. The quantitative estimate of drug-likeness (QED) is 0.570. The van der Waals surface area contributed by atoms with E-state index in [0.717, 1.165) is 16.5 Å². The first-order valence-electron chi connectivity index (χ1n) is 6.13. The van der Waals surface area contributed by atoms with Crippen molar-refractivity contribution in [1.82, 2.24) is 24.7 Å². The van der Waals surface area contributed by atoms with Gasteiger partial charge in [-0.3, -0.25) is 14.3 Å². The SMILES string of the molecule is O=c1cc(CSc2nncn2-c2ccccc2)[nH]c(=S)[nH]1. The van der Waals surface area contributed by atoms with Crippen molar-refractivity contribution < 1.29 is 0 Å². The lowest BCUT2D eigenvalue weighted by atomic mass is 10.3. The number of thioether (sulfide) groups is 1. The molecule has 106 valence electrons. The standard InChI is InChI=1S/C13H11N5OS2/c19-11-6-9(15-12(20)16-11)7-21-13-17-14-8-18(13)10-4-2-1-3-5-10/h1-6,8H,7H2,(H2,15,16,19,20). The number of aromatic nitrogens is 5. The lowest BCUT2D eigenvalue weighted by molar-refractivity contribution is 0.882. The molecule has 0 radical (unpaired) electrons. The zero-order valence-electron chi connectivity index (χ0n) is 10.8. The van der Waals surface area contributed by atoms with Gasteiger partial charge in [-0.05, 0) is 24.4 Å². The molecule has 0 saturated carbocycles. The van der Waals surface area contributed by atoms with E-state index in [0.29, 0.717) is 10.5 Å². The summed E-state index contributed by atoms with van der Waals surface area (Å²) in [4.78, 5) is 16.8. The van der Waals surface area contributed by atoms with Crippen LogP contribution in [0.1, 0.15) is 5.69 Å². The second-order valence-corrected chi connectivity index (χ2v) is 5.57. The van der Waals surface area contributed by atoms with Crippen LogP contribution in [0, 0.1) is 4.77 Å². The van der Waals surface area contributed by atoms with Crippen molar-refractivity contribution >= 4 is 24.0 Å². The minimum absolute atomic E-state index is 0.209. The summed E-state index contributed by atoms with van der Waals surface area (Å²) in [5.41, 5.74) is 1.53. The zero-order valence-corrected chi connectivity index (χ0v) is 12.4. The lowest BCUT2D eigenvalue weighted by Gasteiger charge is -2.05. The van der Waals surface area contributed by atoms with Gasteiger partial charge in [-0.2, -0.15) is 0 Å². The normalized spacial score (nSPS) is 10.7. The molecule has 0 fully saturated rings. The van der Waals surface area contributed by atoms with Crippen LogP contribution >= 0.6 is 24.0 Å². The highest BCUT2D eigenvalue weighted by atomic mass is 32.2. The molecule has 21 heavy (non-hydrogen) atoms. The van der Waals surface area contributed by atoms with Crippen LogP contribution in [0.5, 0.6) is 0 Å². The van der Waals surface area contributed by atoms with Gasteiger partial charge in [0.2, 0.25) is 0 Å². The van der Waals surface area contributed by atoms with E-state index in [-0.39, 0.29) is 5.56 Å². The number of nitrogens with zero attached hydrogens (tertiary/aromatic N) is 3. The maximum absolute atomic E-state index is 11.4. The smallest absolute Gasteiger partial charge is 0.251 e. The minimum atomic E-state index is -0.209. The van der Waals surface area contributed by atoms with Crippen LogP contribution in [-0.4, -0.2) is 24.7 Å². The molecule has 1 aromatic carbocycles. The monoisotopic (exact) mass is 317 g/mol. The predicted octanol–water partition coefficient (Wildman–Crippen LogP) is 2.31. The van der Waals surface area contributed by atoms with Gasteiger partial charge in [-0.25, -0.2) is 0 Å². The maximum Gasteiger partial charge on any atom is 0.251 e. The summed E-state index contributed by atoms with van der Waals surface area (Å²) >= 11 is 6.43. The Hall–Kier alpha value is -2.19. The van der Waals surface area contributed by atoms with Crippen molar-refractivity contribution in [2.24, 2.45) is 0 Å². The largest absolute Gasteiger partial charge is 0.335 e. The average Bonchev–Trinajstić information content (AvgIpc) is 2.93. The van der Waals surface area contributed by atoms with E-state index in [4.69, 9.17) is 12.2 Å². The van der Waals surface area contributed by atoms with Crippen molar-refractivity contribution in [3.05, 3.63) is 63.5 Å². The molecule has 6 nitrogen and oxygen atoms in total. The van der Waals surface area contributed by atoms with Crippen LogP contribution in [0.25, 0.3) is 5.69 Å². The zero-order chi connectivity index (χ0) is 14.7. The molecule has 2 heterocycles. The van der Waals surface area contributed by atoms with E-state index in [2.05, 4.69) is 20.2 Å². The van der Waals surface area contributed by atoms with Crippen LogP contribution in [0.4, 0.5) is 0 Å². The van der Waals surface area contributed by atoms with Gasteiger partial charge in [0.15, 0.2) is 9.93 Å². The molecule has 0 aliphatic carbocycles. The number of benzene rings is 1. The maximum atomic E-state index is 11.4. The number of H-pyrrole nitrogens is 2. The summed E-state index contributed by atoms with van der Waals surface area (Å²) in [6.45, 7) is 0. The number of para-hydroxylation sites is 1. The molecule has 8 heteroatoms. The Bertz CT molecular complexity index is 824. The Morgan fingerprint density at radius 1 is 1.24 bits per heavy atom. The fourth-order valence-corrected chi connectivity index (χ4v) is 2.90. The van der Waals surface area contributed by atoms with Gasteiger partial charge < -0.3 is 4.98 Å². The number of rotatable bonds is 4. The van der Waals surface area contributed by atoms with Crippen molar-refractivity contribution in [2.75, 3.05) is 0 Å². The van der Waals surface area contributed by atoms with Gasteiger partial charge in [-0.15, -0.1) is 10.2 Å². The van der Waals surface area contributed by atoms with Gasteiger partial charge >= 0.3 is 0 Å². The molecule has 2 N–H and O–H groups in total. The van der Waals surface area contributed by atoms with Crippen LogP contribution in [-0.2, 0) is 5.75 Å². The molecule has 0 saturated heterocycles.